The van der Waals surface area contributed by atoms with Crippen molar-refractivity contribution in [1.82, 2.24) is 0 Å². The van der Waals surface area contributed by atoms with E-state index >= 15 is 0 Å². The van der Waals surface area contributed by atoms with Gasteiger partial charge in [0.25, 0.3) is 0 Å². The van der Waals surface area contributed by atoms with E-state index in [-0.39, 0.29) is 0 Å². The van der Waals surface area contributed by atoms with Crippen molar-refractivity contribution in [2.24, 2.45) is 5.10 Å². The molecule has 0 amide bonds. The minimum absolute atomic E-state index is 0.768. The van der Waals surface area contributed by atoms with Crippen molar-refractivity contribution < 1.29 is 4.59 Å². The number of hydrogen-bond acceptors (Lipinski definition) is 1. The lowest BCUT2D eigenvalue weighted by Gasteiger charge is -2.15. The van der Waals surface area contributed by atoms with Gasteiger partial charge in [-0.15, -0.1) is 0 Å². The van der Waals surface area contributed by atoms with Crippen molar-refractivity contribution in [1.29, 1.82) is 0 Å². The van der Waals surface area contributed by atoms with Crippen LogP contribution in [0.15, 0.2) is 35.4 Å². The smallest absolute Gasteiger partial charge is 0.109 e. The van der Waals surface area contributed by atoms with Crippen LogP contribution >= 0.6 is 0 Å². The first-order chi connectivity index (χ1) is 6.17. The van der Waals surface area contributed by atoms with Gasteiger partial charge in [-0.05, 0) is 0 Å². The lowest BCUT2D eigenvalue weighted by Crippen LogP contribution is -2.29. The van der Waals surface area contributed by atoms with Crippen molar-refractivity contribution in [2.45, 2.75) is 6.42 Å². The maximum absolute atomic E-state index is 4.64. The van der Waals surface area contributed by atoms with Gasteiger partial charge < -0.3 is 0 Å². The lowest BCUT2D eigenvalue weighted by molar-refractivity contribution is -0.890. The number of rotatable bonds is 1. The number of benzene rings is 1. The Hall–Kier alpha value is -1.15. The predicted molar refractivity (Wildman–Crippen MR) is 54.6 cm³/mol. The average molecular weight is 175 g/mol. The molecule has 0 N–H and O–H groups in total. The van der Waals surface area contributed by atoms with Gasteiger partial charge in [-0.3, -0.25) is 0 Å². The zero-order valence-corrected chi connectivity index (χ0v) is 8.20. The summed E-state index contributed by atoms with van der Waals surface area (Å²) in [5, 5.41) is 4.64. The Kier molecular flexibility index (Phi) is 1.93. The first-order valence-corrected chi connectivity index (χ1v) is 4.65. The number of hydrogen-bond donors (Lipinski definition) is 0. The molecule has 1 aromatic rings. The second-order valence-electron chi connectivity index (χ2n) is 4.01. The molecule has 0 aliphatic carbocycles. The van der Waals surface area contributed by atoms with Crippen LogP contribution in [0, 0.1) is 0 Å². The van der Waals surface area contributed by atoms with Crippen molar-refractivity contribution in [3.63, 3.8) is 0 Å². The van der Waals surface area contributed by atoms with Gasteiger partial charge in [-0.2, -0.15) is 0 Å². The van der Waals surface area contributed by atoms with E-state index in [2.05, 4.69) is 43.5 Å². The molecule has 1 aliphatic heterocycles. The van der Waals surface area contributed by atoms with Gasteiger partial charge in [0.05, 0.1) is 14.1 Å². The van der Waals surface area contributed by atoms with Gasteiger partial charge in [-0.25, -0.2) is 4.59 Å². The van der Waals surface area contributed by atoms with E-state index in [0.717, 1.165) is 17.6 Å². The van der Waals surface area contributed by atoms with Crippen molar-refractivity contribution in [3.05, 3.63) is 35.9 Å². The summed E-state index contributed by atoms with van der Waals surface area (Å²) in [6.07, 6.45) is 1.09. The standard InChI is InChI=1S/C11H15N2/c1-13(2)9-8-11(12-13)10-6-4-3-5-7-10/h3-7H,8-9H2,1-2H3/q+1. The van der Waals surface area contributed by atoms with E-state index in [4.69, 9.17) is 0 Å². The van der Waals surface area contributed by atoms with Crippen LogP contribution in [-0.4, -0.2) is 30.9 Å². The molecule has 1 heterocycles. The third-order valence-corrected chi connectivity index (χ3v) is 2.39. The highest BCUT2D eigenvalue weighted by atomic mass is 15.6. The Balaban J connectivity index is 2.30. The van der Waals surface area contributed by atoms with Crippen molar-refractivity contribution in [3.8, 4) is 0 Å². The summed E-state index contributed by atoms with van der Waals surface area (Å²) in [5.74, 6) is 0. The third kappa shape index (κ3) is 1.78. The summed E-state index contributed by atoms with van der Waals surface area (Å²) in [6, 6.07) is 10.4. The molecule has 0 radical (unpaired) electrons. The summed E-state index contributed by atoms with van der Waals surface area (Å²) in [5.41, 5.74) is 2.51. The highest BCUT2D eigenvalue weighted by Gasteiger charge is 2.25. The first kappa shape index (κ1) is 8.45. The molecule has 68 valence electrons. The number of quaternary nitrogens is 1. The van der Waals surface area contributed by atoms with Crippen LogP contribution in [0.1, 0.15) is 12.0 Å². The van der Waals surface area contributed by atoms with Crippen LogP contribution < -0.4 is 0 Å². The highest BCUT2D eigenvalue weighted by Crippen LogP contribution is 2.16. The monoisotopic (exact) mass is 175 g/mol. The zero-order chi connectivity index (χ0) is 9.31. The van der Waals surface area contributed by atoms with Crippen LogP contribution in [-0.2, 0) is 0 Å². The van der Waals surface area contributed by atoms with Gasteiger partial charge in [0.15, 0.2) is 0 Å². The molecule has 13 heavy (non-hydrogen) atoms. The Morgan fingerprint density at radius 3 is 2.38 bits per heavy atom. The summed E-state index contributed by atoms with van der Waals surface area (Å²) in [6.45, 7) is 1.12. The van der Waals surface area contributed by atoms with E-state index in [9.17, 15) is 0 Å². The van der Waals surface area contributed by atoms with Crippen LogP contribution in [0.5, 0.6) is 0 Å². The molecule has 0 saturated carbocycles. The van der Waals surface area contributed by atoms with E-state index < -0.39 is 0 Å². The van der Waals surface area contributed by atoms with Crippen molar-refractivity contribution in [2.75, 3.05) is 20.6 Å². The predicted octanol–water partition coefficient (Wildman–Crippen LogP) is 1.87. The molecule has 0 spiro atoms. The zero-order valence-electron chi connectivity index (χ0n) is 8.20. The molecule has 0 unspecified atom stereocenters. The number of nitrogens with zero attached hydrogens (tertiary/aromatic N) is 2. The van der Waals surface area contributed by atoms with Gasteiger partial charge >= 0.3 is 0 Å². The lowest BCUT2D eigenvalue weighted by atomic mass is 10.1. The fourth-order valence-electron chi connectivity index (χ4n) is 1.64. The molecule has 1 aromatic carbocycles. The van der Waals surface area contributed by atoms with Gasteiger partial charge in [0.1, 0.15) is 12.3 Å². The molecular formula is C11H15N2+. The van der Waals surface area contributed by atoms with Gasteiger partial charge in [0.2, 0.25) is 0 Å². The molecule has 0 atom stereocenters. The van der Waals surface area contributed by atoms with Crippen LogP contribution in [0.3, 0.4) is 0 Å². The van der Waals surface area contributed by atoms with E-state index in [0.29, 0.717) is 0 Å². The van der Waals surface area contributed by atoms with E-state index in [1.807, 2.05) is 6.07 Å². The summed E-state index contributed by atoms with van der Waals surface area (Å²) >= 11 is 0. The summed E-state index contributed by atoms with van der Waals surface area (Å²) in [7, 11) is 4.27. The first-order valence-electron chi connectivity index (χ1n) is 4.65. The maximum Gasteiger partial charge on any atom is 0.109 e. The van der Waals surface area contributed by atoms with Gasteiger partial charge in [0, 0.05) is 12.0 Å². The maximum atomic E-state index is 4.64. The average Bonchev–Trinajstić information content (AvgIpc) is 2.48. The summed E-state index contributed by atoms with van der Waals surface area (Å²) < 4.78 is 0.768. The molecular weight excluding hydrogens is 160 g/mol. The van der Waals surface area contributed by atoms with Crippen LogP contribution in [0.2, 0.25) is 0 Å². The second kappa shape index (κ2) is 2.96. The molecule has 0 bridgehead atoms. The second-order valence-corrected chi connectivity index (χ2v) is 4.01. The van der Waals surface area contributed by atoms with E-state index in [1.165, 1.54) is 11.3 Å². The van der Waals surface area contributed by atoms with Crippen LogP contribution in [0.25, 0.3) is 0 Å². The fraction of sp³-hybridized carbons (Fsp3) is 0.364. The highest BCUT2D eigenvalue weighted by molar-refractivity contribution is 6.00. The third-order valence-electron chi connectivity index (χ3n) is 2.39. The van der Waals surface area contributed by atoms with Gasteiger partial charge in [-0.1, -0.05) is 35.4 Å². The Morgan fingerprint density at radius 2 is 1.85 bits per heavy atom. The topological polar surface area (TPSA) is 12.4 Å². The van der Waals surface area contributed by atoms with E-state index in [1.54, 1.807) is 0 Å². The Labute approximate surface area is 79.1 Å². The normalized spacial score (nSPS) is 20.0. The molecule has 2 nitrogen and oxygen atoms in total. The SMILES string of the molecule is C[N+]1(C)CCC(c2ccccc2)=N1. The molecule has 0 fully saturated rings. The molecule has 0 saturated heterocycles. The molecule has 1 aliphatic rings. The fourth-order valence-corrected chi connectivity index (χ4v) is 1.64. The minimum Gasteiger partial charge on any atom is -0.202 e. The quantitative estimate of drug-likeness (QED) is 0.578. The molecule has 2 rings (SSSR count). The largest absolute Gasteiger partial charge is 0.202 e. The molecule has 0 aromatic heterocycles. The Morgan fingerprint density at radius 1 is 1.15 bits per heavy atom. The minimum atomic E-state index is 0.768. The summed E-state index contributed by atoms with van der Waals surface area (Å²) in [4.78, 5) is 0. The Bertz CT molecular complexity index is 325. The molecule has 2 heteroatoms. The van der Waals surface area contributed by atoms with Crippen LogP contribution in [0.4, 0.5) is 0 Å². The van der Waals surface area contributed by atoms with Crippen molar-refractivity contribution >= 4 is 5.71 Å².